The van der Waals surface area contributed by atoms with Gasteiger partial charge in [0, 0.05) is 15.8 Å². The van der Waals surface area contributed by atoms with E-state index in [0.717, 1.165) is 15.8 Å². The van der Waals surface area contributed by atoms with Gasteiger partial charge in [-0.15, -0.1) is 11.3 Å². The molecular weight excluding hydrogens is 310 g/mol. The number of hydrogen-bond donors (Lipinski definition) is 1. The molecule has 1 heterocycles. The van der Waals surface area contributed by atoms with Gasteiger partial charge in [-0.25, -0.2) is 9.18 Å². The Labute approximate surface area is 122 Å². The number of thiophene rings is 1. The Morgan fingerprint density at radius 2 is 1.89 bits per heavy atom. The maximum absolute atomic E-state index is 13.3. The molecule has 2 aromatic rings. The number of benzene rings is 1. The van der Waals surface area contributed by atoms with Crippen molar-refractivity contribution in [3.05, 3.63) is 51.1 Å². The minimum absolute atomic E-state index is 0.0430. The van der Waals surface area contributed by atoms with E-state index in [1.165, 1.54) is 29.5 Å². The van der Waals surface area contributed by atoms with E-state index in [1.54, 1.807) is 12.1 Å². The van der Waals surface area contributed by atoms with Gasteiger partial charge in [-0.3, -0.25) is 0 Å². The highest BCUT2D eigenvalue weighted by Crippen LogP contribution is 2.34. The first kappa shape index (κ1) is 14.1. The molecule has 98 valence electrons. The van der Waals surface area contributed by atoms with E-state index < -0.39 is 11.8 Å². The minimum Gasteiger partial charge on any atom is -0.478 e. The van der Waals surface area contributed by atoms with Crippen LogP contribution in [0.15, 0.2) is 30.3 Å². The lowest BCUT2D eigenvalue weighted by atomic mass is 10.2. The van der Waals surface area contributed by atoms with Gasteiger partial charge in [-0.2, -0.15) is 0 Å². The van der Waals surface area contributed by atoms with E-state index in [-0.39, 0.29) is 10.0 Å². The lowest BCUT2D eigenvalue weighted by Gasteiger charge is -2.02. The van der Waals surface area contributed by atoms with Crippen LogP contribution in [0.2, 0.25) is 10.0 Å². The van der Waals surface area contributed by atoms with Crippen LogP contribution >= 0.6 is 34.5 Å². The maximum Gasteiger partial charge on any atom is 0.328 e. The molecule has 6 heteroatoms. The van der Waals surface area contributed by atoms with Crippen LogP contribution in [-0.4, -0.2) is 11.1 Å². The quantitative estimate of drug-likeness (QED) is 0.642. The van der Waals surface area contributed by atoms with Crippen LogP contribution in [0.1, 0.15) is 4.88 Å². The molecule has 1 aromatic carbocycles. The van der Waals surface area contributed by atoms with E-state index in [2.05, 4.69) is 0 Å². The normalized spacial score (nSPS) is 11.1. The molecular formula is C13H7Cl2FO2S. The fourth-order valence-electron chi connectivity index (χ4n) is 1.45. The summed E-state index contributed by atoms with van der Waals surface area (Å²) in [7, 11) is 0. The summed E-state index contributed by atoms with van der Waals surface area (Å²) in [6.45, 7) is 0. The molecule has 2 nitrogen and oxygen atoms in total. The van der Waals surface area contributed by atoms with Crippen LogP contribution in [0.5, 0.6) is 0 Å². The highest BCUT2D eigenvalue weighted by atomic mass is 35.5. The molecule has 0 saturated heterocycles. The molecule has 0 spiro atoms. The summed E-state index contributed by atoms with van der Waals surface area (Å²) < 4.78 is 13.3. The second-order valence-electron chi connectivity index (χ2n) is 3.63. The predicted molar refractivity (Wildman–Crippen MR) is 76.4 cm³/mol. The van der Waals surface area contributed by atoms with Crippen LogP contribution in [-0.2, 0) is 4.79 Å². The van der Waals surface area contributed by atoms with Crippen molar-refractivity contribution in [3.8, 4) is 10.4 Å². The molecule has 0 aliphatic heterocycles. The Balaban J connectivity index is 2.35. The van der Waals surface area contributed by atoms with Crippen LogP contribution in [0.25, 0.3) is 16.5 Å². The van der Waals surface area contributed by atoms with Crippen molar-refractivity contribution in [1.82, 2.24) is 0 Å². The number of aliphatic carboxylic acids is 1. The van der Waals surface area contributed by atoms with Crippen molar-refractivity contribution in [3.63, 3.8) is 0 Å². The van der Waals surface area contributed by atoms with Crippen molar-refractivity contribution >= 4 is 46.6 Å². The predicted octanol–water partition coefficient (Wildman–Crippen LogP) is 4.96. The summed E-state index contributed by atoms with van der Waals surface area (Å²) in [5.74, 6) is -1.66. The summed E-state index contributed by atoms with van der Waals surface area (Å²) in [6.07, 6.45) is 2.55. The lowest BCUT2D eigenvalue weighted by Crippen LogP contribution is -1.84. The van der Waals surface area contributed by atoms with Gasteiger partial charge in [-0.1, -0.05) is 23.2 Å². The van der Waals surface area contributed by atoms with Gasteiger partial charge in [0.25, 0.3) is 0 Å². The van der Waals surface area contributed by atoms with Crippen LogP contribution in [0.3, 0.4) is 0 Å². The average molecular weight is 317 g/mol. The van der Waals surface area contributed by atoms with Crippen molar-refractivity contribution in [1.29, 1.82) is 0 Å². The topological polar surface area (TPSA) is 37.3 Å². The van der Waals surface area contributed by atoms with Crippen LogP contribution in [0.4, 0.5) is 4.39 Å². The number of hydrogen-bond acceptors (Lipinski definition) is 2. The Morgan fingerprint density at radius 1 is 1.26 bits per heavy atom. The number of carboxylic acids is 1. The lowest BCUT2D eigenvalue weighted by molar-refractivity contribution is -0.131. The third kappa shape index (κ3) is 3.35. The standard InChI is InChI=1S/C13H7Cl2FO2S/c14-9-5-7(6-10(15)13(9)16)11-3-1-8(19-11)2-4-12(17)18/h1-6H,(H,17,18)/b4-2+. The van der Waals surface area contributed by atoms with Gasteiger partial charge in [0.2, 0.25) is 0 Å². The first-order valence-corrected chi connectivity index (χ1v) is 6.70. The summed E-state index contributed by atoms with van der Waals surface area (Å²) >= 11 is 12.8. The Kier molecular flexibility index (Phi) is 4.24. The fraction of sp³-hybridized carbons (Fsp3) is 0. The smallest absolute Gasteiger partial charge is 0.328 e. The molecule has 1 aromatic heterocycles. The number of halogens is 3. The third-order valence-electron chi connectivity index (χ3n) is 2.29. The van der Waals surface area contributed by atoms with E-state index in [9.17, 15) is 9.18 Å². The van der Waals surface area contributed by atoms with Gasteiger partial charge in [0.05, 0.1) is 10.0 Å². The van der Waals surface area contributed by atoms with Crippen molar-refractivity contribution in [2.45, 2.75) is 0 Å². The van der Waals surface area contributed by atoms with Gasteiger partial charge < -0.3 is 5.11 Å². The van der Waals surface area contributed by atoms with E-state index in [4.69, 9.17) is 28.3 Å². The fourth-order valence-corrected chi connectivity index (χ4v) is 2.83. The first-order valence-electron chi connectivity index (χ1n) is 5.13. The van der Waals surface area contributed by atoms with Crippen LogP contribution in [0, 0.1) is 5.82 Å². The van der Waals surface area contributed by atoms with Gasteiger partial charge in [-0.05, 0) is 35.9 Å². The average Bonchev–Trinajstić information content (AvgIpc) is 2.81. The SMILES string of the molecule is O=C(O)/C=C/c1ccc(-c2cc(Cl)c(F)c(Cl)c2)s1. The van der Waals surface area contributed by atoms with Gasteiger partial charge in [0.1, 0.15) is 0 Å². The van der Waals surface area contributed by atoms with Crippen LogP contribution < -0.4 is 0 Å². The maximum atomic E-state index is 13.3. The highest BCUT2D eigenvalue weighted by Gasteiger charge is 2.10. The van der Waals surface area contributed by atoms with Crippen molar-refractivity contribution in [2.24, 2.45) is 0 Å². The molecule has 0 amide bonds. The molecule has 19 heavy (non-hydrogen) atoms. The largest absolute Gasteiger partial charge is 0.478 e. The molecule has 0 radical (unpaired) electrons. The first-order chi connectivity index (χ1) is 8.97. The third-order valence-corrected chi connectivity index (χ3v) is 3.93. The zero-order valence-electron chi connectivity index (χ0n) is 9.36. The molecule has 2 rings (SSSR count). The van der Waals surface area contributed by atoms with Gasteiger partial charge >= 0.3 is 5.97 Å². The molecule has 0 bridgehead atoms. The van der Waals surface area contributed by atoms with E-state index in [1.807, 2.05) is 0 Å². The second-order valence-corrected chi connectivity index (χ2v) is 5.56. The second kappa shape index (κ2) is 5.74. The molecule has 0 fully saturated rings. The zero-order chi connectivity index (χ0) is 14.0. The molecule has 0 atom stereocenters. The minimum atomic E-state index is -1.01. The molecule has 0 aliphatic carbocycles. The number of carboxylic acid groups (broad SMARTS) is 1. The zero-order valence-corrected chi connectivity index (χ0v) is 11.7. The van der Waals surface area contributed by atoms with E-state index in [0.29, 0.717) is 5.56 Å². The molecule has 0 aliphatic rings. The monoisotopic (exact) mass is 316 g/mol. The van der Waals surface area contributed by atoms with Crippen molar-refractivity contribution in [2.75, 3.05) is 0 Å². The highest BCUT2D eigenvalue weighted by molar-refractivity contribution is 7.16. The number of rotatable bonds is 3. The van der Waals surface area contributed by atoms with Gasteiger partial charge in [0.15, 0.2) is 5.82 Å². The molecule has 0 unspecified atom stereocenters. The molecule has 1 N–H and O–H groups in total. The summed E-state index contributed by atoms with van der Waals surface area (Å²) in [5, 5.41) is 8.46. The summed E-state index contributed by atoms with van der Waals surface area (Å²) in [6, 6.07) is 6.54. The van der Waals surface area contributed by atoms with Crippen molar-refractivity contribution < 1.29 is 14.3 Å². The Hall–Kier alpha value is -1.36. The summed E-state index contributed by atoms with van der Waals surface area (Å²) in [4.78, 5) is 12.0. The van der Waals surface area contributed by atoms with E-state index >= 15 is 0 Å². The molecule has 0 saturated carbocycles. The number of carbonyl (C=O) groups is 1. The Bertz CT molecular complexity index is 641. The Morgan fingerprint density at radius 3 is 2.47 bits per heavy atom. The summed E-state index contributed by atoms with van der Waals surface area (Å²) in [5.41, 5.74) is 0.691.